The van der Waals surface area contributed by atoms with Crippen molar-refractivity contribution >= 4 is 27.4 Å². The Morgan fingerprint density at radius 3 is 3.09 bits per heavy atom. The largest absolute Gasteiger partial charge is 0.454 e. The first-order valence-electron chi connectivity index (χ1n) is 7.61. The highest BCUT2D eigenvalue weighted by molar-refractivity contribution is 7.14. The van der Waals surface area contributed by atoms with Gasteiger partial charge in [-0.2, -0.15) is 0 Å². The molecule has 0 aliphatic carbocycles. The molecule has 0 unspecified atom stereocenters. The summed E-state index contributed by atoms with van der Waals surface area (Å²) in [6, 6.07) is 8.10. The highest BCUT2D eigenvalue weighted by Gasteiger charge is 2.17. The van der Waals surface area contributed by atoms with E-state index in [-0.39, 0.29) is 0 Å². The summed E-state index contributed by atoms with van der Waals surface area (Å²) in [5.41, 5.74) is 2.96. The second-order valence-electron chi connectivity index (χ2n) is 5.61. The Morgan fingerprint density at radius 2 is 2.27 bits per heavy atom. The summed E-state index contributed by atoms with van der Waals surface area (Å²) < 4.78 is 11.6. The van der Waals surface area contributed by atoms with Crippen molar-refractivity contribution in [3.05, 3.63) is 35.2 Å². The monoisotopic (exact) mass is 314 g/mol. The van der Waals surface area contributed by atoms with Crippen LogP contribution in [0.25, 0.3) is 22.4 Å². The number of thiazole rings is 1. The number of nitrogens with one attached hydrogen (secondary N) is 1. The molecule has 4 nitrogen and oxygen atoms in total. The number of anilines is 1. The molecule has 1 aliphatic rings. The van der Waals surface area contributed by atoms with Crippen LogP contribution in [-0.4, -0.2) is 24.2 Å². The third-order valence-electron chi connectivity index (χ3n) is 4.09. The number of benzene rings is 1. The number of ether oxygens (including phenoxy) is 1. The van der Waals surface area contributed by atoms with Crippen molar-refractivity contribution in [1.82, 2.24) is 4.98 Å². The van der Waals surface area contributed by atoms with Gasteiger partial charge in [0, 0.05) is 29.5 Å². The number of nitrogens with zero attached hydrogens (tertiary/aromatic N) is 1. The molecule has 1 saturated heterocycles. The van der Waals surface area contributed by atoms with Crippen molar-refractivity contribution in [3.8, 4) is 11.5 Å². The Balaban J connectivity index is 1.55. The Morgan fingerprint density at radius 1 is 1.36 bits per heavy atom. The maximum atomic E-state index is 5.97. The van der Waals surface area contributed by atoms with Crippen molar-refractivity contribution < 1.29 is 9.15 Å². The van der Waals surface area contributed by atoms with Gasteiger partial charge >= 0.3 is 0 Å². The maximum absolute atomic E-state index is 5.97. The zero-order chi connectivity index (χ0) is 14.9. The normalized spacial score (nSPS) is 18.1. The number of fused-ring (bicyclic) bond motifs is 1. The fourth-order valence-electron chi connectivity index (χ4n) is 2.88. The fraction of sp³-hybridized carbons (Fsp3) is 0.353. The zero-order valence-electron chi connectivity index (χ0n) is 12.5. The predicted molar refractivity (Wildman–Crippen MR) is 89.5 cm³/mol. The van der Waals surface area contributed by atoms with Crippen molar-refractivity contribution in [1.29, 1.82) is 0 Å². The first-order valence-corrected chi connectivity index (χ1v) is 8.49. The van der Waals surface area contributed by atoms with Gasteiger partial charge in [-0.3, -0.25) is 0 Å². The van der Waals surface area contributed by atoms with Crippen LogP contribution in [0.15, 0.2) is 34.1 Å². The molecule has 1 atom stereocenters. The minimum atomic E-state index is 0.320. The smallest absolute Gasteiger partial charge is 0.183 e. The summed E-state index contributed by atoms with van der Waals surface area (Å²) in [6.45, 7) is 3.79. The Kier molecular flexibility index (Phi) is 3.60. The Bertz CT molecular complexity index is 787. The second-order valence-corrected chi connectivity index (χ2v) is 6.46. The van der Waals surface area contributed by atoms with E-state index in [1.54, 1.807) is 11.3 Å². The molecule has 0 spiro atoms. The molecule has 0 radical (unpaired) electrons. The van der Waals surface area contributed by atoms with Crippen LogP contribution in [0.5, 0.6) is 0 Å². The lowest BCUT2D eigenvalue weighted by Crippen LogP contribution is -2.18. The molecule has 22 heavy (non-hydrogen) atoms. The molecule has 3 aromatic rings. The molecule has 114 valence electrons. The summed E-state index contributed by atoms with van der Waals surface area (Å²) in [5.74, 6) is 0.864. The highest BCUT2D eigenvalue weighted by Crippen LogP contribution is 2.34. The van der Waals surface area contributed by atoms with Crippen LogP contribution in [0.1, 0.15) is 18.4 Å². The van der Waals surface area contributed by atoms with Gasteiger partial charge in [-0.1, -0.05) is 18.2 Å². The van der Waals surface area contributed by atoms with Crippen molar-refractivity contribution in [3.63, 3.8) is 0 Å². The minimum absolute atomic E-state index is 0.320. The van der Waals surface area contributed by atoms with Crippen molar-refractivity contribution in [2.45, 2.75) is 25.9 Å². The van der Waals surface area contributed by atoms with Crippen LogP contribution in [-0.2, 0) is 4.74 Å². The molecule has 3 heterocycles. The first kappa shape index (κ1) is 13.8. The minimum Gasteiger partial charge on any atom is -0.454 e. The van der Waals surface area contributed by atoms with Crippen LogP contribution < -0.4 is 5.32 Å². The van der Waals surface area contributed by atoms with E-state index in [9.17, 15) is 0 Å². The average molecular weight is 314 g/mol. The maximum Gasteiger partial charge on any atom is 0.183 e. The van der Waals surface area contributed by atoms with Crippen molar-refractivity contribution in [2.75, 3.05) is 18.5 Å². The van der Waals surface area contributed by atoms with Gasteiger partial charge in [0.1, 0.15) is 11.3 Å². The number of aryl methyl sites for hydroxylation is 1. The fourth-order valence-corrected chi connectivity index (χ4v) is 3.59. The van der Waals surface area contributed by atoms with E-state index in [0.29, 0.717) is 6.10 Å². The van der Waals surface area contributed by atoms with Gasteiger partial charge in [0.25, 0.3) is 0 Å². The molecule has 0 amide bonds. The highest BCUT2D eigenvalue weighted by atomic mass is 32.1. The van der Waals surface area contributed by atoms with E-state index >= 15 is 0 Å². The topological polar surface area (TPSA) is 47.3 Å². The molecule has 0 saturated carbocycles. The number of hydrogen-bond acceptors (Lipinski definition) is 5. The van der Waals surface area contributed by atoms with Gasteiger partial charge in [-0.05, 0) is 25.8 Å². The van der Waals surface area contributed by atoms with Crippen LogP contribution >= 0.6 is 11.3 Å². The lowest BCUT2D eigenvalue weighted by atomic mass is 10.1. The van der Waals surface area contributed by atoms with E-state index < -0.39 is 0 Å². The van der Waals surface area contributed by atoms with Crippen LogP contribution in [0.3, 0.4) is 0 Å². The van der Waals surface area contributed by atoms with Gasteiger partial charge < -0.3 is 14.5 Å². The van der Waals surface area contributed by atoms with Crippen LogP contribution in [0.2, 0.25) is 0 Å². The first-order chi connectivity index (χ1) is 10.8. The number of rotatable bonds is 4. The molecule has 2 aromatic heterocycles. The summed E-state index contributed by atoms with van der Waals surface area (Å²) in [4.78, 5) is 4.66. The average Bonchev–Trinajstić information content (AvgIpc) is 3.25. The van der Waals surface area contributed by atoms with E-state index in [1.165, 1.54) is 0 Å². The molecule has 0 bridgehead atoms. The molecule has 1 aliphatic heterocycles. The summed E-state index contributed by atoms with van der Waals surface area (Å²) >= 11 is 1.61. The quantitative estimate of drug-likeness (QED) is 0.772. The van der Waals surface area contributed by atoms with Gasteiger partial charge in [-0.15, -0.1) is 11.3 Å². The van der Waals surface area contributed by atoms with Crippen LogP contribution in [0, 0.1) is 6.92 Å². The van der Waals surface area contributed by atoms with Gasteiger partial charge in [0.05, 0.1) is 6.10 Å². The third kappa shape index (κ3) is 2.51. The lowest BCUT2D eigenvalue weighted by molar-refractivity contribution is 0.120. The number of aromatic nitrogens is 1. The molecule has 1 fully saturated rings. The SMILES string of the molecule is Cc1c(-c2csc(NC[C@@H]3CCCO3)n2)oc2ccccc12. The molecule has 1 N–H and O–H groups in total. The summed E-state index contributed by atoms with van der Waals surface area (Å²) in [6.07, 6.45) is 2.61. The standard InChI is InChI=1S/C17H18N2O2S/c1-11-13-6-2-3-7-15(13)21-16(11)14-10-22-17(19-14)18-9-12-5-4-8-20-12/h2-3,6-7,10,12H,4-5,8-9H2,1H3,(H,18,19)/t12-/m0/s1. The van der Waals surface area contributed by atoms with E-state index in [4.69, 9.17) is 9.15 Å². The van der Waals surface area contributed by atoms with Gasteiger partial charge in [0.15, 0.2) is 10.9 Å². The molecular weight excluding hydrogens is 296 g/mol. The molecule has 4 rings (SSSR count). The van der Waals surface area contributed by atoms with Crippen molar-refractivity contribution in [2.24, 2.45) is 0 Å². The van der Waals surface area contributed by atoms with E-state index in [1.807, 2.05) is 23.6 Å². The number of furan rings is 1. The van der Waals surface area contributed by atoms with Gasteiger partial charge in [0.2, 0.25) is 0 Å². The molecular formula is C17H18N2O2S. The summed E-state index contributed by atoms with van der Waals surface area (Å²) in [5, 5.41) is 7.49. The molecule has 1 aromatic carbocycles. The van der Waals surface area contributed by atoms with E-state index in [0.717, 1.165) is 59.1 Å². The summed E-state index contributed by atoms with van der Waals surface area (Å²) in [7, 11) is 0. The zero-order valence-corrected chi connectivity index (χ0v) is 13.3. The lowest BCUT2D eigenvalue weighted by Gasteiger charge is -2.08. The number of para-hydroxylation sites is 1. The van der Waals surface area contributed by atoms with E-state index in [2.05, 4.69) is 23.3 Å². The Labute approximate surface area is 133 Å². The van der Waals surface area contributed by atoms with Crippen LogP contribution in [0.4, 0.5) is 5.13 Å². The molecule has 5 heteroatoms. The Hall–Kier alpha value is -1.85. The predicted octanol–water partition coefficient (Wildman–Crippen LogP) is 4.46. The van der Waals surface area contributed by atoms with Gasteiger partial charge in [-0.25, -0.2) is 4.98 Å². The number of hydrogen-bond donors (Lipinski definition) is 1. The third-order valence-corrected chi connectivity index (χ3v) is 4.89. The second kappa shape index (κ2) is 5.74.